The second-order valence-corrected chi connectivity index (χ2v) is 27.6. The van der Waals surface area contributed by atoms with Gasteiger partial charge in [0.2, 0.25) is 23.5 Å². The lowest BCUT2D eigenvalue weighted by atomic mass is 9.92. The van der Waals surface area contributed by atoms with Gasteiger partial charge in [0, 0.05) is 44.3 Å². The number of thioether (sulfide) groups is 2. The first-order valence-electron chi connectivity index (χ1n) is 36.2. The van der Waals surface area contributed by atoms with Crippen molar-refractivity contribution in [3.63, 3.8) is 0 Å². The third-order valence-corrected chi connectivity index (χ3v) is 19.5. The van der Waals surface area contributed by atoms with E-state index in [2.05, 4.69) is 87.9 Å². The number of hydrogen-bond donors (Lipinski definition) is 2. The van der Waals surface area contributed by atoms with Crippen LogP contribution in [0.15, 0.2) is 156 Å². The zero-order valence-corrected chi connectivity index (χ0v) is 63.5. The molecule has 0 spiro atoms. The SMILES string of the molecule is CSc1nc2c3c(n1)Oc1ccccc1OCCOCCOCCOc1ccccc1Oc1nc(SC)nc(c1-c1c4nc(c(-c5c(C)cc(C)cc5C)c5ccc([nH]5)c-3c3nc(c(-c5c(C)cc(C)cc5C)c5ccc1[nH]5)C=C3)C=C4)Oc1ccccc1OCCOCCOCCOCCOc1ccccc1O2. The van der Waals surface area contributed by atoms with Crippen LogP contribution in [-0.2, 0) is 23.7 Å². The first kappa shape index (κ1) is 73.5. The number of aromatic nitrogens is 8. The summed E-state index contributed by atoms with van der Waals surface area (Å²) in [5, 5.41) is 0.700. The molecule has 11 aromatic rings. The Kier molecular flexibility index (Phi) is 23.0. The summed E-state index contributed by atoms with van der Waals surface area (Å²) in [6.07, 6.45) is 11.9. The molecule has 0 saturated heterocycles. The molecule has 556 valence electrons. The molecule has 6 aromatic carbocycles. The van der Waals surface area contributed by atoms with Crippen molar-refractivity contribution in [3.05, 3.63) is 202 Å². The number of aromatic amines is 2. The first-order valence-corrected chi connectivity index (χ1v) is 38.6. The van der Waals surface area contributed by atoms with Crippen LogP contribution >= 0.6 is 23.5 Å². The highest BCUT2D eigenvalue weighted by molar-refractivity contribution is 7.98. The maximum Gasteiger partial charge on any atom is 0.235 e. The minimum absolute atomic E-state index is 0.137. The summed E-state index contributed by atoms with van der Waals surface area (Å²) in [6, 6.07) is 46.9. The maximum atomic E-state index is 7.28. The number of benzene rings is 6. The summed E-state index contributed by atoms with van der Waals surface area (Å²) >= 11 is 2.66. The number of para-hydroxylation sites is 8. The van der Waals surface area contributed by atoms with Gasteiger partial charge in [-0.25, -0.2) is 9.97 Å². The van der Waals surface area contributed by atoms with Crippen molar-refractivity contribution in [2.24, 2.45) is 0 Å². The van der Waals surface area contributed by atoms with Crippen molar-refractivity contribution in [2.45, 2.75) is 51.9 Å². The molecule has 109 heavy (non-hydrogen) atoms. The van der Waals surface area contributed by atoms with Crippen LogP contribution in [0.25, 0.3) is 90.9 Å². The fraction of sp³-hybridized carbons (Fsp3) is 0.256. The highest BCUT2D eigenvalue weighted by Crippen LogP contribution is 2.51. The second kappa shape index (κ2) is 34.1. The van der Waals surface area contributed by atoms with E-state index in [0.29, 0.717) is 150 Å². The molecule has 12 bridgehead atoms. The number of fused-ring (bicyclic) bond motifs is 8. The van der Waals surface area contributed by atoms with Crippen molar-refractivity contribution in [3.8, 4) is 114 Å². The number of rotatable bonds is 4. The molecule has 21 nitrogen and oxygen atoms in total. The van der Waals surface area contributed by atoms with Crippen molar-refractivity contribution >= 4 is 69.9 Å². The number of aryl methyl sites for hydroxylation is 6. The Hall–Kier alpha value is -11.0. The largest absolute Gasteiger partial charge is 0.487 e. The van der Waals surface area contributed by atoms with Gasteiger partial charge < -0.3 is 71.5 Å². The standard InChI is InChI=1S/C86H82N8O13S2/c1-51-47-53(3)73(54(4)48-51)75-57-25-29-61(87-57)77-63-31-27-59(89-63)76(74-55(5)49-52(2)50-56(74)6)60-28-32-64(90-60)78(62-30-26-58(75)88-62)80-82-92-86(109-8)94-84(80)107-72-24-16-12-20-68(72)103-46-42-99-38-37-98-41-45-102-67-19-11-15-23-71(67)106-83-79(77)81(91-85(93-83)108-7)104-69-21-13-9-17-65(69)100-43-39-96-35-33-95-34-36-97-40-44-101-66-18-10-14-22-70(66)105-82/h9-32,47-50,87,90H,33-46H2,1-8H3. The molecule has 0 aliphatic carbocycles. The molecule has 15 rings (SSSR count). The van der Waals surface area contributed by atoms with Crippen molar-refractivity contribution < 1.29 is 61.6 Å². The molecule has 0 atom stereocenters. The van der Waals surface area contributed by atoms with E-state index in [1.807, 2.05) is 146 Å². The molecule has 2 N–H and O–H groups in total. The van der Waals surface area contributed by atoms with Gasteiger partial charge in [-0.1, -0.05) is 107 Å². The Labute approximate surface area is 640 Å². The fourth-order valence-electron chi connectivity index (χ4n) is 13.9. The minimum Gasteiger partial charge on any atom is -0.487 e. The Morgan fingerprint density at radius 3 is 0.743 bits per heavy atom. The monoisotopic (exact) mass is 1500 g/mol. The van der Waals surface area contributed by atoms with Crippen LogP contribution in [0.4, 0.5) is 0 Å². The summed E-state index contributed by atoms with van der Waals surface area (Å²) in [6.45, 7) is 16.4. The summed E-state index contributed by atoms with van der Waals surface area (Å²) in [5.74, 6) is 3.77. The van der Waals surface area contributed by atoms with Crippen LogP contribution in [0.1, 0.15) is 56.2 Å². The molecular formula is C86H82N8O13S2. The molecule has 0 saturated carbocycles. The first-order chi connectivity index (χ1) is 53.4. The lowest BCUT2D eigenvalue weighted by Crippen LogP contribution is -2.14. The minimum atomic E-state index is 0.137. The van der Waals surface area contributed by atoms with E-state index in [-0.39, 0.29) is 89.6 Å². The van der Waals surface area contributed by atoms with Gasteiger partial charge in [-0.15, -0.1) is 0 Å². The topological polar surface area (TPSA) is 229 Å². The van der Waals surface area contributed by atoms with Gasteiger partial charge in [0.1, 0.15) is 37.6 Å². The molecule has 0 unspecified atom stereocenters. The predicted octanol–water partition coefficient (Wildman–Crippen LogP) is 19.0. The molecule has 5 aromatic heterocycles. The average Bonchev–Trinajstić information content (AvgIpc) is 1.64. The normalized spacial score (nSPS) is 14.7. The lowest BCUT2D eigenvalue weighted by Gasteiger charge is -2.19. The number of H-pyrrole nitrogens is 2. The Bertz CT molecular complexity index is 5040. The molecule has 4 aliphatic rings. The van der Waals surface area contributed by atoms with E-state index in [0.717, 1.165) is 55.6 Å². The van der Waals surface area contributed by atoms with E-state index < -0.39 is 0 Å². The molecule has 23 heteroatoms. The van der Waals surface area contributed by atoms with Gasteiger partial charge in [-0.2, -0.15) is 19.9 Å². The summed E-state index contributed by atoms with van der Waals surface area (Å²) in [4.78, 5) is 40.8. The smallest absolute Gasteiger partial charge is 0.235 e. The summed E-state index contributed by atoms with van der Waals surface area (Å²) in [5.41, 5.74) is 16.5. The van der Waals surface area contributed by atoms with E-state index in [9.17, 15) is 0 Å². The van der Waals surface area contributed by atoms with Gasteiger partial charge in [-0.3, -0.25) is 0 Å². The van der Waals surface area contributed by atoms with Gasteiger partial charge in [0.15, 0.2) is 56.3 Å². The number of nitrogens with zero attached hydrogens (tertiary/aromatic N) is 6. The number of ether oxygens (including phenoxy) is 13. The van der Waals surface area contributed by atoms with Crippen molar-refractivity contribution in [1.82, 2.24) is 39.9 Å². The highest BCUT2D eigenvalue weighted by atomic mass is 32.2. The molecule has 9 heterocycles. The van der Waals surface area contributed by atoms with Crippen LogP contribution < -0.4 is 37.9 Å². The zero-order chi connectivity index (χ0) is 74.7. The van der Waals surface area contributed by atoms with Crippen LogP contribution in [0.3, 0.4) is 0 Å². The lowest BCUT2D eigenvalue weighted by molar-refractivity contribution is 0.00482. The van der Waals surface area contributed by atoms with Crippen molar-refractivity contribution in [1.29, 1.82) is 0 Å². The molecular weight excluding hydrogens is 1420 g/mol. The van der Waals surface area contributed by atoms with Crippen LogP contribution in [0.5, 0.6) is 69.5 Å². The third-order valence-electron chi connectivity index (χ3n) is 18.4. The molecule has 0 amide bonds. The quantitative estimate of drug-likeness (QED) is 0.123. The zero-order valence-electron chi connectivity index (χ0n) is 61.9. The molecule has 0 radical (unpaired) electrons. The van der Waals surface area contributed by atoms with Gasteiger partial charge in [0.05, 0.1) is 88.8 Å². The highest BCUT2D eigenvalue weighted by Gasteiger charge is 2.32. The average molecular weight is 1500 g/mol. The van der Waals surface area contributed by atoms with Crippen LogP contribution in [0.2, 0.25) is 0 Å². The predicted molar refractivity (Wildman–Crippen MR) is 426 cm³/mol. The van der Waals surface area contributed by atoms with Gasteiger partial charge >= 0.3 is 0 Å². The van der Waals surface area contributed by atoms with E-state index in [1.54, 1.807) is 0 Å². The Morgan fingerprint density at radius 2 is 0.495 bits per heavy atom. The number of nitrogens with one attached hydrogen (secondary N) is 2. The van der Waals surface area contributed by atoms with Crippen molar-refractivity contribution in [2.75, 3.05) is 105 Å². The van der Waals surface area contributed by atoms with Gasteiger partial charge in [-0.05, 0) is 185 Å². The Balaban J connectivity index is 1.10. The van der Waals surface area contributed by atoms with Crippen LogP contribution in [-0.4, -0.2) is 145 Å². The maximum absolute atomic E-state index is 7.28. The fourth-order valence-corrected chi connectivity index (χ4v) is 14.6. The van der Waals surface area contributed by atoms with Crippen LogP contribution in [0, 0.1) is 41.5 Å². The summed E-state index contributed by atoms with van der Waals surface area (Å²) < 4.78 is 85.5. The van der Waals surface area contributed by atoms with E-state index >= 15 is 0 Å². The Morgan fingerprint density at radius 1 is 0.266 bits per heavy atom. The summed E-state index contributed by atoms with van der Waals surface area (Å²) in [7, 11) is 0. The van der Waals surface area contributed by atoms with Gasteiger partial charge in [0.25, 0.3) is 0 Å². The molecule has 4 aliphatic heterocycles. The number of hydrogen-bond acceptors (Lipinski definition) is 21. The van der Waals surface area contributed by atoms with E-state index in [4.69, 9.17) is 91.5 Å². The second-order valence-electron chi connectivity index (χ2n) is 26.1. The van der Waals surface area contributed by atoms with E-state index in [1.165, 1.54) is 23.5 Å². The molecule has 0 fully saturated rings. The third kappa shape index (κ3) is 16.5.